The van der Waals surface area contributed by atoms with Crippen molar-refractivity contribution in [1.29, 1.82) is 0 Å². The molecule has 36 heavy (non-hydrogen) atoms. The van der Waals surface area contributed by atoms with E-state index in [1.54, 1.807) is 18.2 Å². The molecule has 3 atom stereocenters. The van der Waals surface area contributed by atoms with Crippen LogP contribution in [0.4, 0.5) is 23.8 Å². The summed E-state index contributed by atoms with van der Waals surface area (Å²) in [4.78, 5) is 35.7. The molecule has 0 saturated carbocycles. The zero-order valence-corrected chi connectivity index (χ0v) is 20.3. The van der Waals surface area contributed by atoms with Crippen LogP contribution in [0.25, 0.3) is 0 Å². The first-order valence-corrected chi connectivity index (χ1v) is 11.7. The molecular weight excluding hydrogens is 479 g/mol. The van der Waals surface area contributed by atoms with E-state index in [9.17, 15) is 22.8 Å². The Balaban J connectivity index is 1.47. The minimum absolute atomic E-state index is 0.167. The van der Waals surface area contributed by atoms with Gasteiger partial charge in [0.25, 0.3) is 0 Å². The number of nitrogens with one attached hydrogen (secondary N) is 3. The third kappa shape index (κ3) is 5.66. The maximum atomic E-state index is 13.4. The number of likely N-dealkylation sites (N-methyl/N-ethyl adjacent to an activating group) is 1. The van der Waals surface area contributed by atoms with Crippen molar-refractivity contribution in [3.05, 3.63) is 42.0 Å². The number of pyridine rings is 1. The molecule has 3 N–H and O–H groups in total. The Hall–Kier alpha value is -3.48. The van der Waals surface area contributed by atoms with Crippen molar-refractivity contribution in [2.24, 2.45) is 0 Å². The lowest BCUT2D eigenvalue weighted by molar-refractivity contribution is -0.158. The van der Waals surface area contributed by atoms with Gasteiger partial charge in [-0.3, -0.25) is 15.0 Å². The van der Waals surface area contributed by atoms with Crippen molar-refractivity contribution in [2.75, 3.05) is 45.7 Å². The summed E-state index contributed by atoms with van der Waals surface area (Å²) in [6, 6.07) is -0.372. The Kier molecular flexibility index (Phi) is 7.29. The van der Waals surface area contributed by atoms with Gasteiger partial charge in [0.1, 0.15) is 36.1 Å². The number of fused-ring (bicyclic) bond motifs is 3. The molecule has 1 fully saturated rings. The van der Waals surface area contributed by atoms with Crippen LogP contribution in [0.3, 0.4) is 0 Å². The highest BCUT2D eigenvalue weighted by molar-refractivity contribution is 5.91. The third-order valence-corrected chi connectivity index (χ3v) is 6.22. The van der Waals surface area contributed by atoms with Gasteiger partial charge in [-0.2, -0.15) is 13.2 Å². The molecule has 4 heterocycles. The van der Waals surface area contributed by atoms with Crippen molar-refractivity contribution in [2.45, 2.75) is 37.6 Å². The average molecular weight is 510 g/mol. The molecule has 0 radical (unpaired) electrons. The maximum Gasteiger partial charge on any atom is 0.408 e. The van der Waals surface area contributed by atoms with E-state index in [4.69, 9.17) is 4.74 Å². The highest BCUT2D eigenvalue weighted by Crippen LogP contribution is 2.33. The zero-order valence-electron chi connectivity index (χ0n) is 20.3. The van der Waals surface area contributed by atoms with E-state index >= 15 is 0 Å². The first kappa shape index (κ1) is 25.6. The molecule has 4 rings (SSSR count). The molecule has 3 aliphatic rings. The topological polar surface area (TPSA) is 102 Å². The van der Waals surface area contributed by atoms with Crippen LogP contribution < -0.4 is 20.7 Å². The first-order chi connectivity index (χ1) is 17.0. The van der Waals surface area contributed by atoms with E-state index in [2.05, 4.69) is 20.5 Å². The number of allylic oxidation sites excluding steroid dienone is 1. The summed E-state index contributed by atoms with van der Waals surface area (Å²) in [6.45, 7) is 3.41. The predicted octanol–water partition coefficient (Wildman–Crippen LogP) is 1.71. The minimum Gasteiger partial charge on any atom is -0.492 e. The van der Waals surface area contributed by atoms with Crippen molar-refractivity contribution in [3.63, 3.8) is 0 Å². The quantitative estimate of drug-likeness (QED) is 0.515. The monoisotopic (exact) mass is 509 g/mol. The number of nitrogens with zero attached hydrogens (tertiary/aromatic N) is 4. The summed E-state index contributed by atoms with van der Waals surface area (Å²) in [6.07, 6.45) is 0.856. The number of aromatic nitrogens is 1. The fourth-order valence-corrected chi connectivity index (χ4v) is 4.23. The van der Waals surface area contributed by atoms with E-state index in [-0.39, 0.29) is 6.04 Å². The van der Waals surface area contributed by atoms with Crippen molar-refractivity contribution >= 4 is 17.8 Å². The van der Waals surface area contributed by atoms with E-state index in [1.807, 2.05) is 24.3 Å². The second-order valence-electron chi connectivity index (χ2n) is 9.20. The second kappa shape index (κ2) is 10.2. The van der Waals surface area contributed by atoms with Crippen molar-refractivity contribution in [3.8, 4) is 5.75 Å². The molecule has 0 spiro atoms. The Morgan fingerprint density at radius 1 is 1.36 bits per heavy atom. The second-order valence-corrected chi connectivity index (χ2v) is 9.20. The minimum atomic E-state index is -4.56. The van der Waals surface area contributed by atoms with Crippen LogP contribution in [0.5, 0.6) is 5.75 Å². The molecule has 13 heteroatoms. The number of dihydropyridines is 1. The van der Waals surface area contributed by atoms with Gasteiger partial charge >= 0.3 is 12.2 Å². The van der Waals surface area contributed by atoms with Crippen LogP contribution in [0, 0.1) is 0 Å². The van der Waals surface area contributed by atoms with Gasteiger partial charge in [-0.05, 0) is 39.6 Å². The Morgan fingerprint density at radius 2 is 2.14 bits per heavy atom. The highest BCUT2D eigenvalue weighted by Gasteiger charge is 2.43. The van der Waals surface area contributed by atoms with Gasteiger partial charge in [0.05, 0.1) is 11.7 Å². The van der Waals surface area contributed by atoms with Crippen LogP contribution in [0.2, 0.25) is 0 Å². The molecule has 2 bridgehead atoms. The van der Waals surface area contributed by atoms with Gasteiger partial charge in [-0.25, -0.2) is 9.78 Å². The van der Waals surface area contributed by atoms with Gasteiger partial charge in [0, 0.05) is 31.9 Å². The lowest BCUT2D eigenvalue weighted by Gasteiger charge is -2.41. The van der Waals surface area contributed by atoms with E-state index in [1.165, 1.54) is 17.2 Å². The summed E-state index contributed by atoms with van der Waals surface area (Å²) in [5.41, 5.74) is 0.709. The molecule has 196 valence electrons. The van der Waals surface area contributed by atoms with Crippen LogP contribution in [-0.4, -0.2) is 96.3 Å². The van der Waals surface area contributed by atoms with Crippen molar-refractivity contribution in [1.82, 2.24) is 30.3 Å². The number of rotatable bonds is 7. The number of ether oxygens (including phenoxy) is 1. The molecule has 3 aliphatic heterocycles. The predicted molar refractivity (Wildman–Crippen MR) is 126 cm³/mol. The largest absolute Gasteiger partial charge is 0.492 e. The molecule has 3 amide bonds. The lowest BCUT2D eigenvalue weighted by atomic mass is 10.1. The Morgan fingerprint density at radius 3 is 2.86 bits per heavy atom. The molecule has 0 aliphatic carbocycles. The molecule has 1 unspecified atom stereocenters. The van der Waals surface area contributed by atoms with Crippen LogP contribution in [0.1, 0.15) is 13.3 Å². The summed E-state index contributed by atoms with van der Waals surface area (Å²) >= 11 is 0. The number of halogens is 3. The van der Waals surface area contributed by atoms with Gasteiger partial charge in [-0.1, -0.05) is 6.08 Å². The molecule has 1 aromatic heterocycles. The fourth-order valence-electron chi connectivity index (χ4n) is 4.23. The standard InChI is InChI=1S/C23H30F3N7O3/c1-14(23(24,25)26)28-21(34)17-4-5-18-20(29-17)33(15-7-9-32(18)13-15)22(35)30-19-12-16(6-8-27-19)36-11-10-31(2)3/h4-6,8,12,14-15,17,29H,7,9-11,13H2,1-3H3,(H,28,34)(H,27,30,35)/t14-,15+,17?/m1/s1. The number of carbonyl (C=O) groups excluding carboxylic acids is 2. The number of carbonyl (C=O) groups is 2. The summed E-state index contributed by atoms with van der Waals surface area (Å²) in [5, 5.41) is 7.73. The fraction of sp³-hybridized carbons (Fsp3) is 0.522. The van der Waals surface area contributed by atoms with Crippen molar-refractivity contribution < 1.29 is 27.5 Å². The number of anilines is 1. The maximum absolute atomic E-state index is 13.4. The molecular formula is C23H30F3N7O3. The Labute approximate surface area is 207 Å². The van der Waals surface area contributed by atoms with Gasteiger partial charge < -0.3 is 25.2 Å². The third-order valence-electron chi connectivity index (χ3n) is 6.22. The SMILES string of the molecule is C[C@@H](NC(=O)C1C=CC2=C(N1)N(C(=O)Nc1cc(OCCN(C)C)ccn1)[C@H]1CCN2C1)C(F)(F)F. The van der Waals surface area contributed by atoms with E-state index < -0.39 is 30.2 Å². The molecule has 1 aromatic rings. The molecule has 0 aromatic carbocycles. The summed E-state index contributed by atoms with van der Waals surface area (Å²) < 4.78 is 44.5. The first-order valence-electron chi connectivity index (χ1n) is 11.7. The number of amides is 3. The molecule has 10 nitrogen and oxygen atoms in total. The number of urea groups is 1. The average Bonchev–Trinajstić information content (AvgIpc) is 3.22. The highest BCUT2D eigenvalue weighted by atomic mass is 19.4. The van der Waals surface area contributed by atoms with Gasteiger partial charge in [0.15, 0.2) is 0 Å². The number of hydrogen-bond acceptors (Lipinski definition) is 7. The molecule has 1 saturated heterocycles. The zero-order chi connectivity index (χ0) is 26.0. The smallest absolute Gasteiger partial charge is 0.408 e. The van der Waals surface area contributed by atoms with Gasteiger partial charge in [-0.15, -0.1) is 0 Å². The van der Waals surface area contributed by atoms with Crippen LogP contribution >= 0.6 is 0 Å². The normalized spacial score (nSPS) is 21.8. The van der Waals surface area contributed by atoms with Crippen LogP contribution in [0.15, 0.2) is 42.0 Å². The summed E-state index contributed by atoms with van der Waals surface area (Å²) in [5.74, 6) is 0.397. The number of alkyl halides is 3. The van der Waals surface area contributed by atoms with Gasteiger partial charge in [0.2, 0.25) is 5.91 Å². The lowest BCUT2D eigenvalue weighted by Crippen LogP contribution is -2.57. The Bertz CT molecular complexity index is 1060. The van der Waals surface area contributed by atoms with E-state index in [0.29, 0.717) is 49.2 Å². The van der Waals surface area contributed by atoms with Crippen LogP contribution in [-0.2, 0) is 4.79 Å². The number of hydrogen-bond donors (Lipinski definition) is 3. The van der Waals surface area contributed by atoms with E-state index in [0.717, 1.165) is 13.5 Å². The summed E-state index contributed by atoms with van der Waals surface area (Å²) in [7, 11) is 3.87.